The molecule has 0 aliphatic carbocycles. The van der Waals surface area contributed by atoms with E-state index in [1.165, 1.54) is 0 Å². The number of anilines is 1. The van der Waals surface area contributed by atoms with Crippen molar-refractivity contribution in [3.63, 3.8) is 0 Å². The van der Waals surface area contributed by atoms with Gasteiger partial charge in [-0.3, -0.25) is 0 Å². The Balaban J connectivity index is 1.56. The van der Waals surface area contributed by atoms with Crippen LogP contribution in [0.25, 0.3) is 0 Å². The lowest BCUT2D eigenvalue weighted by atomic mass is 9.98. The fourth-order valence-electron chi connectivity index (χ4n) is 3.46. The van der Waals surface area contributed by atoms with E-state index in [0.717, 1.165) is 60.2 Å². The maximum Gasteiger partial charge on any atom is 0.132 e. The van der Waals surface area contributed by atoms with E-state index in [0.29, 0.717) is 0 Å². The van der Waals surface area contributed by atoms with E-state index in [1.807, 2.05) is 38.1 Å². The second-order valence-electron chi connectivity index (χ2n) is 7.01. The van der Waals surface area contributed by atoms with E-state index in [2.05, 4.69) is 19.9 Å². The van der Waals surface area contributed by atoms with Crippen molar-refractivity contribution >= 4 is 17.2 Å². The molecule has 1 saturated heterocycles. The Morgan fingerprint density at radius 2 is 2.08 bits per heavy atom. The number of hydrogen-bond donors (Lipinski definition) is 0. The van der Waals surface area contributed by atoms with E-state index in [4.69, 9.17) is 9.47 Å². The third-order valence-electron chi connectivity index (χ3n) is 4.76. The molecule has 0 amide bonds. The summed E-state index contributed by atoms with van der Waals surface area (Å²) in [5, 5.41) is 0. The van der Waals surface area contributed by atoms with Crippen LogP contribution < -0.4 is 9.64 Å². The van der Waals surface area contributed by atoms with Crippen molar-refractivity contribution in [2.45, 2.75) is 38.9 Å². The van der Waals surface area contributed by atoms with Crippen molar-refractivity contribution in [2.24, 2.45) is 4.99 Å². The van der Waals surface area contributed by atoms with Gasteiger partial charge in [0.1, 0.15) is 17.9 Å². The number of hydrogen-bond acceptors (Lipinski definition) is 6. The van der Waals surface area contributed by atoms with Crippen LogP contribution in [-0.2, 0) is 4.74 Å². The van der Waals surface area contributed by atoms with Crippen molar-refractivity contribution < 1.29 is 9.47 Å². The molecule has 0 saturated carbocycles. The molecular formula is C20H24N4O2. The van der Waals surface area contributed by atoms with Gasteiger partial charge in [-0.05, 0) is 44.9 Å². The topological polar surface area (TPSA) is 59.8 Å². The highest BCUT2D eigenvalue weighted by atomic mass is 16.5. The number of fused-ring (bicyclic) bond motifs is 1. The van der Waals surface area contributed by atoms with Gasteiger partial charge in [0.05, 0.1) is 29.3 Å². The third kappa shape index (κ3) is 3.29. The Morgan fingerprint density at radius 3 is 2.88 bits per heavy atom. The van der Waals surface area contributed by atoms with Crippen LogP contribution in [0.1, 0.15) is 37.9 Å². The quantitative estimate of drug-likeness (QED) is 0.705. The number of aromatic nitrogens is 2. The first-order valence-electron chi connectivity index (χ1n) is 9.14. The minimum absolute atomic E-state index is 0.145. The van der Waals surface area contributed by atoms with Crippen LogP contribution in [0.4, 0.5) is 11.5 Å². The Morgan fingerprint density at radius 1 is 1.19 bits per heavy atom. The molecule has 6 heteroatoms. The molecule has 136 valence electrons. The summed E-state index contributed by atoms with van der Waals surface area (Å²) >= 11 is 0. The fourth-order valence-corrected chi connectivity index (χ4v) is 3.46. The average molecular weight is 352 g/mol. The summed E-state index contributed by atoms with van der Waals surface area (Å²) in [6, 6.07) is 8.02. The lowest BCUT2D eigenvalue weighted by molar-refractivity contribution is 0.0891. The second kappa shape index (κ2) is 7.03. The molecular weight excluding hydrogens is 328 g/mol. The van der Waals surface area contributed by atoms with Crippen LogP contribution in [0.3, 0.4) is 0 Å². The molecule has 6 nitrogen and oxygen atoms in total. The first-order chi connectivity index (χ1) is 12.6. The van der Waals surface area contributed by atoms with E-state index in [1.54, 1.807) is 13.4 Å². The molecule has 1 aromatic heterocycles. The maximum atomic E-state index is 5.80. The van der Waals surface area contributed by atoms with Gasteiger partial charge in [0.2, 0.25) is 0 Å². The van der Waals surface area contributed by atoms with Crippen LogP contribution in [0.2, 0.25) is 0 Å². The van der Waals surface area contributed by atoms with E-state index in [9.17, 15) is 0 Å². The highest BCUT2D eigenvalue weighted by Crippen LogP contribution is 2.35. The van der Waals surface area contributed by atoms with Gasteiger partial charge in [0.25, 0.3) is 0 Å². The van der Waals surface area contributed by atoms with Gasteiger partial charge in [-0.15, -0.1) is 0 Å². The number of piperidine rings is 1. The third-order valence-corrected chi connectivity index (χ3v) is 4.76. The number of benzene rings is 1. The number of aliphatic imine (C=N–C) groups is 1. The number of rotatable bonds is 5. The molecule has 1 atom stereocenters. The van der Waals surface area contributed by atoms with Gasteiger partial charge in [-0.1, -0.05) is 0 Å². The van der Waals surface area contributed by atoms with Gasteiger partial charge in [0.15, 0.2) is 0 Å². The van der Waals surface area contributed by atoms with Gasteiger partial charge >= 0.3 is 0 Å². The summed E-state index contributed by atoms with van der Waals surface area (Å²) < 4.78 is 11.3. The van der Waals surface area contributed by atoms with E-state index < -0.39 is 0 Å². The SMILES string of the molecule is COC1CCCN(c2cc(C3=Nc4ccc(OC(C)C)cc43)ncn2)C1. The van der Waals surface area contributed by atoms with Crippen LogP contribution in [0.5, 0.6) is 5.75 Å². The molecule has 4 rings (SSSR count). The number of nitrogens with zero attached hydrogens (tertiary/aromatic N) is 4. The predicted octanol–water partition coefficient (Wildman–Crippen LogP) is 3.36. The molecule has 1 aromatic carbocycles. The van der Waals surface area contributed by atoms with Gasteiger partial charge in [-0.25, -0.2) is 15.0 Å². The molecule has 26 heavy (non-hydrogen) atoms. The van der Waals surface area contributed by atoms with Crippen LogP contribution in [-0.4, -0.2) is 48.1 Å². The number of ether oxygens (including phenoxy) is 2. The molecule has 1 unspecified atom stereocenters. The maximum absolute atomic E-state index is 5.80. The minimum atomic E-state index is 0.145. The highest BCUT2D eigenvalue weighted by Gasteiger charge is 2.25. The van der Waals surface area contributed by atoms with E-state index >= 15 is 0 Å². The fraction of sp³-hybridized carbons (Fsp3) is 0.450. The molecule has 2 aromatic rings. The summed E-state index contributed by atoms with van der Waals surface area (Å²) in [5.74, 6) is 1.79. The Hall–Kier alpha value is -2.47. The zero-order valence-electron chi connectivity index (χ0n) is 15.5. The highest BCUT2D eigenvalue weighted by molar-refractivity contribution is 6.21. The van der Waals surface area contributed by atoms with Crippen molar-refractivity contribution in [3.8, 4) is 5.75 Å². The lowest BCUT2D eigenvalue weighted by Crippen LogP contribution is -2.39. The minimum Gasteiger partial charge on any atom is -0.491 e. The predicted molar refractivity (Wildman–Crippen MR) is 102 cm³/mol. The largest absolute Gasteiger partial charge is 0.491 e. The molecule has 0 spiro atoms. The second-order valence-corrected chi connectivity index (χ2v) is 7.01. The monoisotopic (exact) mass is 352 g/mol. The standard InChI is InChI=1S/C20H24N4O2/c1-13(2)26-14-6-7-17-16(9-14)20(23-17)18-10-19(22-12-21-18)24-8-4-5-15(11-24)25-3/h6-7,9-10,12-13,15H,4-5,8,11H2,1-3H3. The van der Waals surface area contributed by atoms with E-state index in [-0.39, 0.29) is 12.2 Å². The molecule has 2 aliphatic heterocycles. The Kier molecular flexibility index (Phi) is 4.59. The summed E-state index contributed by atoms with van der Waals surface area (Å²) in [6.45, 7) is 5.90. The Labute approximate surface area is 153 Å². The van der Waals surface area contributed by atoms with Crippen LogP contribution >= 0.6 is 0 Å². The summed E-state index contributed by atoms with van der Waals surface area (Å²) in [5.41, 5.74) is 3.82. The average Bonchev–Trinajstić information content (AvgIpc) is 2.64. The molecule has 0 radical (unpaired) electrons. The van der Waals surface area contributed by atoms with Crippen molar-refractivity contribution in [2.75, 3.05) is 25.1 Å². The molecule has 3 heterocycles. The van der Waals surface area contributed by atoms with Gasteiger partial charge in [0, 0.05) is 31.8 Å². The number of methoxy groups -OCH3 is 1. The molecule has 1 fully saturated rings. The normalized spacial score (nSPS) is 19.0. The van der Waals surface area contributed by atoms with Gasteiger partial charge in [-0.2, -0.15) is 0 Å². The van der Waals surface area contributed by atoms with Crippen molar-refractivity contribution in [3.05, 3.63) is 41.9 Å². The smallest absolute Gasteiger partial charge is 0.132 e. The molecule has 0 N–H and O–H groups in total. The Bertz CT molecular complexity index is 834. The van der Waals surface area contributed by atoms with Crippen LogP contribution in [0.15, 0.2) is 35.6 Å². The van der Waals surface area contributed by atoms with Crippen molar-refractivity contribution in [1.29, 1.82) is 0 Å². The van der Waals surface area contributed by atoms with Gasteiger partial charge < -0.3 is 14.4 Å². The zero-order valence-corrected chi connectivity index (χ0v) is 15.5. The summed E-state index contributed by atoms with van der Waals surface area (Å²) in [7, 11) is 1.77. The molecule has 2 aliphatic rings. The first-order valence-corrected chi connectivity index (χ1v) is 9.14. The van der Waals surface area contributed by atoms with Crippen LogP contribution in [0, 0.1) is 0 Å². The zero-order chi connectivity index (χ0) is 18.1. The first kappa shape index (κ1) is 17.0. The van der Waals surface area contributed by atoms with Crippen molar-refractivity contribution in [1.82, 2.24) is 9.97 Å². The molecule has 0 bridgehead atoms. The summed E-state index contributed by atoms with van der Waals surface area (Å²) in [4.78, 5) is 15.8. The lowest BCUT2D eigenvalue weighted by Gasteiger charge is -2.33. The summed E-state index contributed by atoms with van der Waals surface area (Å²) in [6.07, 6.45) is 4.24.